The molecule has 3 N–H and O–H groups in total. The standard InChI is InChI=1S/C25H28FN7O2/c1-4-5-17-11-22(32-31-17)28-21-12-23(33-9-8-16(13-33)14-34-3)30-25(29-21)35-20-7-6-19-18(24(20)26)10-15(2)27-19/h4-7,10-12,16,27H,8-9,13-14H2,1-3H3,(H2,28,29,30,31,32)/b5-4+. The Kier molecular flexibility index (Phi) is 6.37. The smallest absolute Gasteiger partial charge is 0.326 e. The average molecular weight is 478 g/mol. The Morgan fingerprint density at radius 3 is 2.94 bits per heavy atom. The minimum Gasteiger partial charge on any atom is -0.421 e. The molecular weight excluding hydrogens is 449 g/mol. The highest BCUT2D eigenvalue weighted by atomic mass is 19.1. The number of methoxy groups -OCH3 is 1. The Morgan fingerprint density at radius 1 is 1.23 bits per heavy atom. The third-order valence-electron chi connectivity index (χ3n) is 5.94. The zero-order chi connectivity index (χ0) is 24.4. The molecule has 4 heterocycles. The molecule has 0 radical (unpaired) electrons. The second-order valence-electron chi connectivity index (χ2n) is 8.68. The molecule has 1 aromatic carbocycles. The average Bonchev–Trinajstić information content (AvgIpc) is 3.57. The van der Waals surface area contributed by atoms with Gasteiger partial charge in [0.2, 0.25) is 0 Å². The van der Waals surface area contributed by atoms with E-state index in [0.29, 0.717) is 40.9 Å². The molecule has 0 saturated carbocycles. The van der Waals surface area contributed by atoms with Crippen LogP contribution in [0.25, 0.3) is 17.0 Å². The molecule has 9 nitrogen and oxygen atoms in total. The summed E-state index contributed by atoms with van der Waals surface area (Å²) in [6, 6.07) is 8.89. The molecule has 5 rings (SSSR count). The Labute approximate surface area is 202 Å². The number of benzene rings is 1. The van der Waals surface area contributed by atoms with Gasteiger partial charge in [0.1, 0.15) is 11.6 Å². The van der Waals surface area contributed by atoms with Crippen molar-refractivity contribution >= 4 is 34.4 Å². The highest BCUT2D eigenvalue weighted by Gasteiger charge is 2.25. The summed E-state index contributed by atoms with van der Waals surface area (Å²) >= 11 is 0. The largest absolute Gasteiger partial charge is 0.421 e. The lowest BCUT2D eigenvalue weighted by Gasteiger charge is -2.19. The number of anilines is 3. The Morgan fingerprint density at radius 2 is 2.11 bits per heavy atom. The number of H-pyrrole nitrogens is 2. The Bertz CT molecular complexity index is 1360. The SMILES string of the molecule is C/C=C/c1cc(Nc2cc(N3CCC(COC)C3)nc(Oc3ccc4[nH]c(C)cc4c3F)n2)n[nH]1. The van der Waals surface area contributed by atoms with Crippen molar-refractivity contribution in [1.82, 2.24) is 25.1 Å². The summed E-state index contributed by atoms with van der Waals surface area (Å²) in [5.41, 5.74) is 2.44. The van der Waals surface area contributed by atoms with Crippen molar-refractivity contribution in [2.45, 2.75) is 20.3 Å². The molecule has 0 bridgehead atoms. The van der Waals surface area contributed by atoms with Crippen LogP contribution in [-0.4, -0.2) is 52.0 Å². The van der Waals surface area contributed by atoms with Gasteiger partial charge in [-0.15, -0.1) is 0 Å². The van der Waals surface area contributed by atoms with Crippen LogP contribution >= 0.6 is 0 Å². The molecule has 1 aliphatic heterocycles. The van der Waals surface area contributed by atoms with E-state index in [1.54, 1.807) is 25.3 Å². The van der Waals surface area contributed by atoms with Crippen molar-refractivity contribution in [3.63, 3.8) is 0 Å². The predicted molar refractivity (Wildman–Crippen MR) is 134 cm³/mol. The minimum atomic E-state index is -0.458. The van der Waals surface area contributed by atoms with E-state index in [4.69, 9.17) is 9.47 Å². The van der Waals surface area contributed by atoms with Gasteiger partial charge in [0.25, 0.3) is 0 Å². The minimum absolute atomic E-state index is 0.0508. The van der Waals surface area contributed by atoms with Crippen LogP contribution in [0.4, 0.5) is 21.8 Å². The zero-order valence-corrected chi connectivity index (χ0v) is 19.9. The molecule has 0 amide bonds. The first-order chi connectivity index (χ1) is 17.0. The third kappa shape index (κ3) is 4.97. The molecule has 1 atom stereocenters. The van der Waals surface area contributed by atoms with Gasteiger partial charge in [0, 0.05) is 54.8 Å². The number of rotatable bonds is 8. The first-order valence-electron chi connectivity index (χ1n) is 11.6. The second kappa shape index (κ2) is 9.75. The summed E-state index contributed by atoms with van der Waals surface area (Å²) < 4.78 is 26.4. The number of nitrogens with one attached hydrogen (secondary N) is 3. The first kappa shape index (κ1) is 22.9. The van der Waals surface area contributed by atoms with Gasteiger partial charge < -0.3 is 24.7 Å². The lowest BCUT2D eigenvalue weighted by atomic mass is 10.1. The Balaban J connectivity index is 1.47. The quantitative estimate of drug-likeness (QED) is 0.322. The summed E-state index contributed by atoms with van der Waals surface area (Å²) in [6.45, 7) is 6.15. The van der Waals surface area contributed by atoms with Crippen LogP contribution in [-0.2, 0) is 4.74 Å². The summed E-state index contributed by atoms with van der Waals surface area (Å²) in [5, 5.41) is 10.9. The summed E-state index contributed by atoms with van der Waals surface area (Å²) in [4.78, 5) is 14.4. The number of fused-ring (bicyclic) bond motifs is 1. The fraction of sp³-hybridized carbons (Fsp3) is 0.320. The van der Waals surface area contributed by atoms with Crippen LogP contribution in [0.5, 0.6) is 11.8 Å². The van der Waals surface area contributed by atoms with E-state index in [1.165, 1.54) is 0 Å². The number of nitrogens with zero attached hydrogens (tertiary/aromatic N) is 4. The van der Waals surface area contributed by atoms with Gasteiger partial charge in [-0.3, -0.25) is 5.10 Å². The molecule has 0 aliphatic carbocycles. The lowest BCUT2D eigenvalue weighted by molar-refractivity contribution is 0.161. The summed E-state index contributed by atoms with van der Waals surface area (Å²) in [5.74, 6) is 1.82. The maximum absolute atomic E-state index is 15.2. The maximum atomic E-state index is 15.2. The number of aryl methyl sites for hydroxylation is 1. The van der Waals surface area contributed by atoms with Crippen molar-refractivity contribution in [2.75, 3.05) is 37.0 Å². The van der Waals surface area contributed by atoms with Crippen molar-refractivity contribution in [3.05, 3.63) is 53.6 Å². The topological polar surface area (TPSA) is 104 Å². The third-order valence-corrected chi connectivity index (χ3v) is 5.94. The number of allylic oxidation sites excluding steroid dienone is 1. The zero-order valence-electron chi connectivity index (χ0n) is 19.9. The predicted octanol–water partition coefficient (Wildman–Crippen LogP) is 5.17. The highest BCUT2D eigenvalue weighted by Crippen LogP contribution is 2.32. The van der Waals surface area contributed by atoms with E-state index < -0.39 is 5.82 Å². The molecule has 35 heavy (non-hydrogen) atoms. The monoisotopic (exact) mass is 477 g/mol. The molecule has 4 aromatic rings. The van der Waals surface area contributed by atoms with Gasteiger partial charge in [-0.05, 0) is 44.5 Å². The van der Waals surface area contributed by atoms with Gasteiger partial charge >= 0.3 is 6.01 Å². The van der Waals surface area contributed by atoms with Crippen molar-refractivity contribution < 1.29 is 13.9 Å². The molecule has 10 heteroatoms. The van der Waals surface area contributed by atoms with E-state index in [1.807, 2.05) is 38.1 Å². The van der Waals surface area contributed by atoms with Gasteiger partial charge in [0.15, 0.2) is 17.4 Å². The first-order valence-corrected chi connectivity index (χ1v) is 11.6. The summed E-state index contributed by atoms with van der Waals surface area (Å²) in [7, 11) is 1.71. The van der Waals surface area contributed by atoms with E-state index in [-0.39, 0.29) is 11.8 Å². The van der Waals surface area contributed by atoms with Crippen molar-refractivity contribution in [2.24, 2.45) is 5.92 Å². The van der Waals surface area contributed by atoms with Crippen LogP contribution in [0, 0.1) is 18.7 Å². The van der Waals surface area contributed by atoms with Crippen LogP contribution in [0.15, 0.2) is 36.4 Å². The molecule has 1 unspecified atom stereocenters. The fourth-order valence-corrected chi connectivity index (χ4v) is 4.36. The normalized spacial score (nSPS) is 16.0. The van der Waals surface area contributed by atoms with Crippen molar-refractivity contribution in [1.29, 1.82) is 0 Å². The molecule has 3 aromatic heterocycles. The number of aromatic amines is 2. The van der Waals surface area contributed by atoms with Crippen LogP contribution in [0.1, 0.15) is 24.7 Å². The van der Waals surface area contributed by atoms with Crippen LogP contribution < -0.4 is 15.0 Å². The number of aromatic nitrogens is 5. The molecule has 182 valence electrons. The van der Waals surface area contributed by atoms with E-state index >= 15 is 4.39 Å². The Hall–Kier alpha value is -3.92. The lowest BCUT2D eigenvalue weighted by Crippen LogP contribution is -2.22. The van der Waals surface area contributed by atoms with E-state index in [2.05, 4.69) is 35.4 Å². The molecule has 1 aliphatic rings. The number of hydrogen-bond donors (Lipinski definition) is 3. The van der Waals surface area contributed by atoms with Gasteiger partial charge in [0.05, 0.1) is 12.3 Å². The fourth-order valence-electron chi connectivity index (χ4n) is 4.36. The van der Waals surface area contributed by atoms with Crippen LogP contribution in [0.3, 0.4) is 0 Å². The molecule has 1 saturated heterocycles. The van der Waals surface area contributed by atoms with E-state index in [0.717, 1.165) is 30.9 Å². The summed E-state index contributed by atoms with van der Waals surface area (Å²) in [6.07, 6.45) is 4.84. The van der Waals surface area contributed by atoms with Gasteiger partial charge in [-0.1, -0.05) is 6.08 Å². The van der Waals surface area contributed by atoms with Gasteiger partial charge in [-0.2, -0.15) is 15.1 Å². The maximum Gasteiger partial charge on any atom is 0.326 e. The number of halogens is 1. The molecular formula is C25H28FN7O2. The number of ether oxygens (including phenoxy) is 2. The molecule has 1 fully saturated rings. The van der Waals surface area contributed by atoms with Crippen LogP contribution in [0.2, 0.25) is 0 Å². The highest BCUT2D eigenvalue weighted by molar-refractivity contribution is 5.82. The van der Waals surface area contributed by atoms with Gasteiger partial charge in [-0.25, -0.2) is 4.39 Å². The van der Waals surface area contributed by atoms with E-state index in [9.17, 15) is 0 Å². The van der Waals surface area contributed by atoms with Crippen molar-refractivity contribution in [3.8, 4) is 11.8 Å². The molecule has 0 spiro atoms. The second-order valence-corrected chi connectivity index (χ2v) is 8.68. The number of hydrogen-bond acceptors (Lipinski definition) is 7.